The van der Waals surface area contributed by atoms with Crippen molar-refractivity contribution in [1.82, 2.24) is 20.5 Å². The summed E-state index contributed by atoms with van der Waals surface area (Å²) in [6.07, 6.45) is -2.24. The summed E-state index contributed by atoms with van der Waals surface area (Å²) >= 11 is 0. The van der Waals surface area contributed by atoms with Crippen molar-refractivity contribution in [2.24, 2.45) is 0 Å². The van der Waals surface area contributed by atoms with Gasteiger partial charge in [0, 0.05) is 72.2 Å². The molecule has 0 saturated heterocycles. The largest absolute Gasteiger partial charge is 0.418 e. The van der Waals surface area contributed by atoms with E-state index in [9.17, 15) is 9.59 Å². The van der Waals surface area contributed by atoms with Crippen molar-refractivity contribution in [1.29, 1.82) is 0 Å². The summed E-state index contributed by atoms with van der Waals surface area (Å²) in [6, 6.07) is 11.9. The molecule has 1 aromatic carbocycles. The van der Waals surface area contributed by atoms with Crippen LogP contribution in [0.5, 0.6) is 5.75 Å². The van der Waals surface area contributed by atoms with Crippen LogP contribution >= 0.6 is 0 Å². The fourth-order valence-corrected chi connectivity index (χ4v) is 4.19. The Morgan fingerprint density at radius 2 is 1.28 bits per heavy atom. The first-order valence-corrected chi connectivity index (χ1v) is 16.9. The number of hydrogen-bond acceptors (Lipinski definition) is 14. The van der Waals surface area contributed by atoms with E-state index in [1.807, 2.05) is 61.6 Å². The lowest BCUT2D eigenvalue weighted by Gasteiger charge is -2.32. The molecule has 0 fully saturated rings. The summed E-state index contributed by atoms with van der Waals surface area (Å²) in [7, 11) is 11.3. The molecule has 2 unspecified atom stereocenters. The minimum absolute atomic E-state index is 0.0787. The van der Waals surface area contributed by atoms with Crippen LogP contribution in [0.4, 0.5) is 21.2 Å². The molecule has 17 nitrogen and oxygen atoms in total. The molecule has 0 aliphatic rings. The maximum Gasteiger partial charge on any atom is 0.418 e. The molecule has 2 heterocycles. The lowest BCUT2D eigenvalue weighted by atomic mass is 9.93. The lowest BCUT2D eigenvalue weighted by molar-refractivity contribution is -0.211. The SMILES string of the molecule is CC(C)(C)c1cc(NC(=O)Oc2ccccc2)no1.CCOC(C(OC)OC)N(C)C(=O)Nc1cc(C(C)(C)C)on1.CNC(COC)C(OC)OC. The summed E-state index contributed by atoms with van der Waals surface area (Å²) in [5, 5.41) is 15.8. The van der Waals surface area contributed by atoms with Crippen LogP contribution in [0.1, 0.15) is 60.0 Å². The van der Waals surface area contributed by atoms with Crippen LogP contribution in [-0.2, 0) is 39.3 Å². The molecule has 3 N–H and O–H groups in total. The molecule has 0 aliphatic heterocycles. The average molecular weight is 753 g/mol. The summed E-state index contributed by atoms with van der Waals surface area (Å²) in [5.74, 6) is 2.53. The lowest BCUT2D eigenvalue weighted by Crippen LogP contribution is -2.49. The van der Waals surface area contributed by atoms with Gasteiger partial charge in [0.15, 0.2) is 24.2 Å². The molecule has 2 atom stereocenters. The molecular weight excluding hydrogens is 692 g/mol. The third-order valence-corrected chi connectivity index (χ3v) is 7.16. The number of carbonyl (C=O) groups excluding carboxylic acids is 2. The second-order valence-corrected chi connectivity index (χ2v) is 13.4. The van der Waals surface area contributed by atoms with Crippen LogP contribution in [0.3, 0.4) is 0 Å². The number of ether oxygens (including phenoxy) is 7. The van der Waals surface area contributed by atoms with Gasteiger partial charge in [-0.3, -0.25) is 15.5 Å². The third kappa shape index (κ3) is 16.6. The zero-order valence-corrected chi connectivity index (χ0v) is 33.6. The molecule has 2 aromatic heterocycles. The molecule has 3 amide bonds. The van der Waals surface area contributed by atoms with E-state index in [-0.39, 0.29) is 23.2 Å². The van der Waals surface area contributed by atoms with E-state index < -0.39 is 24.6 Å². The number of amides is 3. The van der Waals surface area contributed by atoms with E-state index in [1.165, 1.54) is 19.1 Å². The number of methoxy groups -OCH3 is 5. The highest BCUT2D eigenvalue weighted by atomic mass is 16.7. The van der Waals surface area contributed by atoms with Crippen LogP contribution in [-0.4, -0.2) is 115 Å². The topological polar surface area (TPSA) is 190 Å². The molecule has 0 bridgehead atoms. The number of urea groups is 1. The second-order valence-electron chi connectivity index (χ2n) is 13.4. The molecule has 0 radical (unpaired) electrons. The minimum atomic E-state index is -0.701. The van der Waals surface area contributed by atoms with Gasteiger partial charge in [-0.1, -0.05) is 70.1 Å². The Labute approximate surface area is 313 Å². The Hall–Kier alpha value is -4.10. The van der Waals surface area contributed by atoms with Crippen LogP contribution in [0.2, 0.25) is 0 Å². The number of anilines is 2. The van der Waals surface area contributed by atoms with Crippen LogP contribution in [0.25, 0.3) is 0 Å². The predicted molar refractivity (Wildman–Crippen MR) is 199 cm³/mol. The maximum absolute atomic E-state index is 12.4. The number of rotatable bonds is 15. The third-order valence-electron chi connectivity index (χ3n) is 7.16. The highest BCUT2D eigenvalue weighted by Gasteiger charge is 2.30. The molecule has 3 rings (SSSR count). The van der Waals surface area contributed by atoms with Crippen molar-refractivity contribution in [3.05, 3.63) is 54.0 Å². The highest BCUT2D eigenvalue weighted by molar-refractivity contribution is 5.88. The van der Waals surface area contributed by atoms with Gasteiger partial charge in [0.1, 0.15) is 17.3 Å². The number of carbonyl (C=O) groups is 2. The first-order chi connectivity index (χ1) is 25.0. The number of para-hydroxylation sites is 1. The average Bonchev–Trinajstić information content (AvgIpc) is 3.79. The minimum Gasteiger partial charge on any atom is -0.410 e. The first-order valence-electron chi connectivity index (χ1n) is 16.9. The van der Waals surface area contributed by atoms with Gasteiger partial charge in [0.05, 0.1) is 12.6 Å². The van der Waals surface area contributed by atoms with E-state index in [0.717, 1.165) is 0 Å². The predicted octanol–water partition coefficient (Wildman–Crippen LogP) is 5.84. The van der Waals surface area contributed by atoms with Crippen LogP contribution in [0, 0.1) is 0 Å². The zero-order valence-electron chi connectivity index (χ0n) is 33.6. The fraction of sp³-hybridized carbons (Fsp3) is 0.611. The fourth-order valence-electron chi connectivity index (χ4n) is 4.19. The summed E-state index contributed by atoms with van der Waals surface area (Å²) in [6.45, 7) is 14.8. The molecule has 53 heavy (non-hydrogen) atoms. The number of aromatic nitrogens is 2. The van der Waals surface area contributed by atoms with Crippen LogP contribution in [0.15, 0.2) is 51.5 Å². The Bertz CT molecular complexity index is 1430. The van der Waals surface area contributed by atoms with Gasteiger partial charge < -0.3 is 47.5 Å². The standard InChI is InChI=1S/C15H27N3O5.C14H16N2O3.C7H17NO3/c1-8-22-12(13(20-6)21-7)18(5)14(19)16-11-9-10(23-17-11)15(2,3)4;1-14(2,3)11-9-12(16-19-11)15-13(17)18-10-7-5-4-6-8-10;1-8-6(5-9-2)7(10-3)11-4/h9,12-13H,8H2,1-7H3,(H,16,17,19);4-9H,1-3H3,(H,15,16,17);6-8H,5H2,1-4H3. The van der Waals surface area contributed by atoms with Crippen molar-refractivity contribution >= 4 is 23.8 Å². The normalized spacial score (nSPS) is 12.6. The number of nitrogens with one attached hydrogen (secondary N) is 3. The van der Waals surface area contributed by atoms with E-state index in [2.05, 4.69) is 26.3 Å². The molecular formula is C36H60N6O11. The molecule has 3 aromatic rings. The smallest absolute Gasteiger partial charge is 0.410 e. The Balaban J connectivity index is 0.000000422. The van der Waals surface area contributed by atoms with Gasteiger partial charge in [0.2, 0.25) is 6.29 Å². The van der Waals surface area contributed by atoms with E-state index >= 15 is 0 Å². The van der Waals surface area contributed by atoms with Crippen molar-refractivity contribution < 1.29 is 51.8 Å². The second kappa shape index (κ2) is 23.5. The van der Waals surface area contributed by atoms with Crippen LogP contribution < -0.4 is 20.7 Å². The number of nitrogens with zero attached hydrogens (tertiary/aromatic N) is 3. The van der Waals surface area contributed by atoms with Crippen molar-refractivity contribution in [2.75, 3.05) is 73.5 Å². The number of benzene rings is 1. The number of likely N-dealkylation sites (N-methyl/N-ethyl adjacent to an activating group) is 2. The molecule has 300 valence electrons. The number of hydrogen-bond donors (Lipinski definition) is 3. The van der Waals surface area contributed by atoms with Gasteiger partial charge in [-0.2, -0.15) is 0 Å². The zero-order chi connectivity index (χ0) is 40.2. The molecule has 17 heteroatoms. The van der Waals surface area contributed by atoms with Gasteiger partial charge >= 0.3 is 12.1 Å². The monoisotopic (exact) mass is 752 g/mol. The van der Waals surface area contributed by atoms with E-state index in [4.69, 9.17) is 42.2 Å². The van der Waals surface area contributed by atoms with E-state index in [0.29, 0.717) is 42.1 Å². The van der Waals surface area contributed by atoms with Gasteiger partial charge in [-0.15, -0.1) is 0 Å². The molecule has 0 saturated carbocycles. The first kappa shape index (κ1) is 46.9. The van der Waals surface area contributed by atoms with Crippen molar-refractivity contribution in [3.63, 3.8) is 0 Å². The van der Waals surface area contributed by atoms with E-state index in [1.54, 1.807) is 64.8 Å². The molecule has 0 spiro atoms. The van der Waals surface area contributed by atoms with Gasteiger partial charge in [-0.05, 0) is 26.1 Å². The maximum atomic E-state index is 12.4. The quantitative estimate of drug-likeness (QED) is 0.157. The highest BCUT2D eigenvalue weighted by Crippen LogP contribution is 2.25. The summed E-state index contributed by atoms with van der Waals surface area (Å²) < 4.78 is 46.4. The summed E-state index contributed by atoms with van der Waals surface area (Å²) in [4.78, 5) is 25.3. The summed E-state index contributed by atoms with van der Waals surface area (Å²) in [5.41, 5.74) is -0.344. The Morgan fingerprint density at radius 1 is 0.792 bits per heavy atom. The Kier molecular flexibility index (Phi) is 20.8. The van der Waals surface area contributed by atoms with Gasteiger partial charge in [-0.25, -0.2) is 9.59 Å². The Morgan fingerprint density at radius 3 is 1.68 bits per heavy atom. The van der Waals surface area contributed by atoms with Crippen molar-refractivity contribution in [2.45, 2.75) is 84.1 Å². The van der Waals surface area contributed by atoms with Crippen molar-refractivity contribution in [3.8, 4) is 5.75 Å². The van der Waals surface area contributed by atoms with Gasteiger partial charge in [0.25, 0.3) is 0 Å². The molecule has 0 aliphatic carbocycles.